The number of hydrogen-bond donors (Lipinski definition) is 0. The third kappa shape index (κ3) is 3.58. The van der Waals surface area contributed by atoms with Crippen LogP contribution in [-0.4, -0.2) is 12.9 Å². The summed E-state index contributed by atoms with van der Waals surface area (Å²) in [4.78, 5) is 12.1. The highest BCUT2D eigenvalue weighted by Gasteiger charge is 2.04. The van der Waals surface area contributed by atoms with Crippen LogP contribution in [0.3, 0.4) is 0 Å². The maximum atomic E-state index is 12.1. The Hall–Kier alpha value is -2.86. The molecule has 0 aliphatic rings. The fourth-order valence-corrected chi connectivity index (χ4v) is 1.99. The van der Waals surface area contributed by atoms with Gasteiger partial charge in [0.15, 0.2) is 5.78 Å². The molecule has 0 aliphatic heterocycles. The predicted octanol–water partition coefficient (Wildman–Crippen LogP) is 3.77. The van der Waals surface area contributed by atoms with E-state index in [9.17, 15) is 4.79 Å². The van der Waals surface area contributed by atoms with Crippen LogP contribution in [0.15, 0.2) is 48.5 Å². The molecule has 0 saturated carbocycles. The molecule has 2 rings (SSSR count). The molecule has 3 nitrogen and oxygen atoms in total. The molecule has 21 heavy (non-hydrogen) atoms. The second kappa shape index (κ2) is 6.53. The minimum Gasteiger partial charge on any atom is -0.496 e. The number of aryl methyl sites for hydroxylation is 1. The highest BCUT2D eigenvalue weighted by Crippen LogP contribution is 2.21. The van der Waals surface area contributed by atoms with Gasteiger partial charge < -0.3 is 4.74 Å². The van der Waals surface area contributed by atoms with Crippen molar-refractivity contribution in [3.8, 4) is 11.8 Å². The third-order valence-corrected chi connectivity index (χ3v) is 3.08. The molecule has 0 radical (unpaired) electrons. The van der Waals surface area contributed by atoms with E-state index in [4.69, 9.17) is 10.00 Å². The molecule has 0 spiro atoms. The molecule has 0 atom stereocenters. The van der Waals surface area contributed by atoms with Crippen molar-refractivity contribution in [3.63, 3.8) is 0 Å². The van der Waals surface area contributed by atoms with Gasteiger partial charge in [-0.2, -0.15) is 5.26 Å². The lowest BCUT2D eigenvalue weighted by Gasteiger charge is -2.05. The summed E-state index contributed by atoms with van der Waals surface area (Å²) < 4.78 is 5.27. The SMILES string of the molecule is COc1ccc(C)cc1/C=C/C(=O)c1cccc(C#N)c1. The molecule has 104 valence electrons. The lowest BCUT2D eigenvalue weighted by molar-refractivity contribution is 0.104. The molecule has 0 saturated heterocycles. The molecule has 2 aromatic rings. The van der Waals surface area contributed by atoms with E-state index in [0.29, 0.717) is 11.1 Å². The summed E-state index contributed by atoms with van der Waals surface area (Å²) in [5.74, 6) is 0.575. The number of benzene rings is 2. The van der Waals surface area contributed by atoms with E-state index in [0.717, 1.165) is 16.9 Å². The summed E-state index contributed by atoms with van der Waals surface area (Å²) in [6.45, 7) is 1.98. The third-order valence-electron chi connectivity index (χ3n) is 3.08. The van der Waals surface area contributed by atoms with E-state index in [2.05, 4.69) is 0 Å². The van der Waals surface area contributed by atoms with Crippen LogP contribution < -0.4 is 4.74 Å². The standard InChI is InChI=1S/C18H15NO2/c1-13-6-9-18(21-2)16(10-13)7-8-17(20)15-5-3-4-14(11-15)12-19/h3-11H,1-2H3/b8-7+. The number of carbonyl (C=O) groups excluding carboxylic acids is 1. The molecule has 0 heterocycles. The number of ether oxygens (including phenoxy) is 1. The van der Waals surface area contributed by atoms with Crippen molar-refractivity contribution >= 4 is 11.9 Å². The minimum atomic E-state index is -0.143. The molecular weight excluding hydrogens is 262 g/mol. The molecule has 2 aromatic carbocycles. The zero-order valence-corrected chi connectivity index (χ0v) is 12.0. The smallest absolute Gasteiger partial charge is 0.185 e. The van der Waals surface area contributed by atoms with E-state index in [1.165, 1.54) is 6.08 Å². The Morgan fingerprint density at radius 3 is 2.76 bits per heavy atom. The fraction of sp³-hybridized carbons (Fsp3) is 0.111. The second-order valence-corrected chi connectivity index (χ2v) is 4.64. The summed E-state index contributed by atoms with van der Waals surface area (Å²) in [7, 11) is 1.60. The lowest BCUT2D eigenvalue weighted by atomic mass is 10.1. The van der Waals surface area contributed by atoms with Crippen molar-refractivity contribution < 1.29 is 9.53 Å². The van der Waals surface area contributed by atoms with Gasteiger partial charge in [0.1, 0.15) is 5.75 Å². The van der Waals surface area contributed by atoms with Crippen LogP contribution in [0.25, 0.3) is 6.08 Å². The normalized spacial score (nSPS) is 10.3. The number of rotatable bonds is 4. The van der Waals surface area contributed by atoms with Gasteiger partial charge in [0.2, 0.25) is 0 Å². The quantitative estimate of drug-likeness (QED) is 0.631. The Kier molecular flexibility index (Phi) is 4.53. The maximum absolute atomic E-state index is 12.1. The van der Waals surface area contributed by atoms with Gasteiger partial charge in [-0.1, -0.05) is 23.8 Å². The van der Waals surface area contributed by atoms with E-state index in [1.54, 1.807) is 37.5 Å². The van der Waals surface area contributed by atoms with Crippen molar-refractivity contribution in [2.75, 3.05) is 7.11 Å². The molecule has 0 aliphatic carbocycles. The van der Waals surface area contributed by atoms with Crippen molar-refractivity contribution in [1.29, 1.82) is 5.26 Å². The first kappa shape index (κ1) is 14.5. The molecule has 0 aromatic heterocycles. The van der Waals surface area contributed by atoms with Crippen LogP contribution >= 0.6 is 0 Å². The van der Waals surface area contributed by atoms with E-state index in [-0.39, 0.29) is 5.78 Å². The summed E-state index contributed by atoms with van der Waals surface area (Å²) >= 11 is 0. The van der Waals surface area contributed by atoms with Gasteiger partial charge in [0.05, 0.1) is 18.7 Å². The number of ketones is 1. The van der Waals surface area contributed by atoms with Crippen LogP contribution in [0.2, 0.25) is 0 Å². The topological polar surface area (TPSA) is 50.1 Å². The van der Waals surface area contributed by atoms with Gasteiger partial charge in [0, 0.05) is 11.1 Å². The van der Waals surface area contributed by atoms with Crippen LogP contribution in [-0.2, 0) is 0 Å². The lowest BCUT2D eigenvalue weighted by Crippen LogP contribution is -1.95. The number of allylic oxidation sites excluding steroid dienone is 1. The highest BCUT2D eigenvalue weighted by atomic mass is 16.5. The van der Waals surface area contributed by atoms with E-state index < -0.39 is 0 Å². The number of methoxy groups -OCH3 is 1. The number of hydrogen-bond acceptors (Lipinski definition) is 3. The van der Waals surface area contributed by atoms with Gasteiger partial charge in [-0.15, -0.1) is 0 Å². The largest absolute Gasteiger partial charge is 0.496 e. The zero-order chi connectivity index (χ0) is 15.2. The van der Waals surface area contributed by atoms with Crippen molar-refractivity contribution in [2.45, 2.75) is 6.92 Å². The summed E-state index contributed by atoms with van der Waals surface area (Å²) in [5.41, 5.74) is 2.91. The van der Waals surface area contributed by atoms with Crippen molar-refractivity contribution in [2.24, 2.45) is 0 Å². The average molecular weight is 277 g/mol. The number of nitriles is 1. The fourth-order valence-electron chi connectivity index (χ4n) is 1.99. The van der Waals surface area contributed by atoms with Crippen LogP contribution in [0.1, 0.15) is 27.0 Å². The van der Waals surface area contributed by atoms with Gasteiger partial charge in [0.25, 0.3) is 0 Å². The molecule has 0 unspecified atom stereocenters. The average Bonchev–Trinajstić information content (AvgIpc) is 2.52. The number of carbonyl (C=O) groups is 1. The Labute approximate surface area is 124 Å². The maximum Gasteiger partial charge on any atom is 0.185 e. The van der Waals surface area contributed by atoms with Gasteiger partial charge in [-0.25, -0.2) is 0 Å². The molecule has 3 heteroatoms. The second-order valence-electron chi connectivity index (χ2n) is 4.64. The van der Waals surface area contributed by atoms with Crippen LogP contribution in [0.5, 0.6) is 5.75 Å². The van der Waals surface area contributed by atoms with Gasteiger partial charge in [-0.3, -0.25) is 4.79 Å². The molecule has 0 amide bonds. The summed E-state index contributed by atoms with van der Waals surface area (Å²) in [6, 6.07) is 14.5. The number of nitrogens with zero attached hydrogens (tertiary/aromatic N) is 1. The Balaban J connectivity index is 2.27. The van der Waals surface area contributed by atoms with Gasteiger partial charge >= 0.3 is 0 Å². The zero-order valence-electron chi connectivity index (χ0n) is 12.0. The molecule has 0 bridgehead atoms. The predicted molar refractivity (Wildman–Crippen MR) is 82.3 cm³/mol. The monoisotopic (exact) mass is 277 g/mol. The van der Waals surface area contributed by atoms with Crippen molar-refractivity contribution in [3.05, 3.63) is 70.8 Å². The van der Waals surface area contributed by atoms with Crippen LogP contribution in [0.4, 0.5) is 0 Å². The molecule has 0 N–H and O–H groups in total. The molecular formula is C18H15NO2. The minimum absolute atomic E-state index is 0.143. The Morgan fingerprint density at radius 1 is 1.24 bits per heavy atom. The first-order valence-electron chi connectivity index (χ1n) is 6.51. The van der Waals surface area contributed by atoms with Gasteiger partial charge in [-0.05, 0) is 43.3 Å². The van der Waals surface area contributed by atoms with E-state index in [1.807, 2.05) is 31.2 Å². The highest BCUT2D eigenvalue weighted by molar-refractivity contribution is 6.07. The first-order chi connectivity index (χ1) is 10.1. The Bertz CT molecular complexity index is 739. The first-order valence-corrected chi connectivity index (χ1v) is 6.51. The molecule has 0 fully saturated rings. The Morgan fingerprint density at radius 2 is 2.05 bits per heavy atom. The summed E-state index contributed by atoms with van der Waals surface area (Å²) in [6.07, 6.45) is 3.22. The van der Waals surface area contributed by atoms with E-state index >= 15 is 0 Å². The van der Waals surface area contributed by atoms with Crippen molar-refractivity contribution in [1.82, 2.24) is 0 Å². The summed E-state index contributed by atoms with van der Waals surface area (Å²) in [5, 5.41) is 8.85. The van der Waals surface area contributed by atoms with Crippen LogP contribution in [0, 0.1) is 18.3 Å².